The normalized spacial score (nSPS) is 12.7. The van der Waals surface area contributed by atoms with E-state index in [1.807, 2.05) is 13.1 Å². The Balaban J connectivity index is 2.47. The molecule has 3 heteroatoms. The number of rotatable bonds is 8. The summed E-state index contributed by atoms with van der Waals surface area (Å²) in [7, 11) is 2.02. The molecule has 18 heavy (non-hydrogen) atoms. The highest BCUT2D eigenvalue weighted by Crippen LogP contribution is 2.28. The first-order valence-corrected chi connectivity index (χ1v) is 7.98. The topological polar surface area (TPSA) is 12.0 Å². The van der Waals surface area contributed by atoms with Gasteiger partial charge in [-0.05, 0) is 47.1 Å². The van der Waals surface area contributed by atoms with Gasteiger partial charge in [0.1, 0.15) is 0 Å². The fraction of sp³-hybridized carbons (Fsp3) is 0.600. The van der Waals surface area contributed by atoms with E-state index in [0.29, 0.717) is 6.04 Å². The maximum Gasteiger partial charge on any atom is 0.0551 e. The zero-order valence-corrected chi connectivity index (χ0v) is 13.6. The van der Waals surface area contributed by atoms with Gasteiger partial charge in [-0.15, -0.1) is 0 Å². The summed E-state index contributed by atoms with van der Waals surface area (Å²) in [5.74, 6) is 0. The van der Waals surface area contributed by atoms with E-state index in [4.69, 9.17) is 11.6 Å². The Bertz CT molecular complexity index is 354. The van der Waals surface area contributed by atoms with Gasteiger partial charge in [0.2, 0.25) is 0 Å². The average Bonchev–Trinajstić information content (AvgIpc) is 2.37. The van der Waals surface area contributed by atoms with Gasteiger partial charge in [-0.25, -0.2) is 0 Å². The van der Waals surface area contributed by atoms with Crippen LogP contribution in [0.15, 0.2) is 22.7 Å². The molecule has 0 amide bonds. The molecule has 1 aromatic rings. The molecule has 1 nitrogen and oxygen atoms in total. The first kappa shape index (κ1) is 16.0. The molecular formula is C15H23BrClN. The molecule has 102 valence electrons. The van der Waals surface area contributed by atoms with E-state index in [1.165, 1.54) is 44.1 Å². The predicted octanol–water partition coefficient (Wildman–Crippen LogP) is 5.72. The van der Waals surface area contributed by atoms with Crippen molar-refractivity contribution < 1.29 is 0 Å². The smallest absolute Gasteiger partial charge is 0.0551 e. The van der Waals surface area contributed by atoms with Crippen molar-refractivity contribution in [2.75, 3.05) is 7.05 Å². The standard InChI is InChI=1S/C15H23BrClN/c1-3-4-5-6-7-8-15(18-2)12-9-10-13(16)14(17)11-12/h9-11,15,18H,3-8H2,1-2H3. The summed E-state index contributed by atoms with van der Waals surface area (Å²) in [6.45, 7) is 2.25. The quantitative estimate of drug-likeness (QED) is 0.600. The molecule has 0 aromatic heterocycles. The highest BCUT2D eigenvalue weighted by atomic mass is 79.9. The Kier molecular flexibility index (Phi) is 7.96. The second-order valence-corrected chi connectivity index (χ2v) is 5.98. The van der Waals surface area contributed by atoms with Crippen molar-refractivity contribution in [1.82, 2.24) is 5.32 Å². The largest absolute Gasteiger partial charge is 0.313 e. The molecule has 0 bridgehead atoms. The van der Waals surface area contributed by atoms with Gasteiger partial charge in [-0.3, -0.25) is 0 Å². The van der Waals surface area contributed by atoms with Gasteiger partial charge in [-0.2, -0.15) is 0 Å². The fourth-order valence-electron chi connectivity index (χ4n) is 2.16. The third-order valence-corrected chi connectivity index (χ3v) is 4.52. The molecule has 0 radical (unpaired) electrons. The van der Waals surface area contributed by atoms with Crippen molar-refractivity contribution in [3.63, 3.8) is 0 Å². The molecule has 0 aliphatic heterocycles. The Morgan fingerprint density at radius 1 is 1.22 bits per heavy atom. The van der Waals surface area contributed by atoms with Crippen LogP contribution in [0.4, 0.5) is 0 Å². The number of nitrogens with one attached hydrogen (secondary N) is 1. The molecule has 0 saturated carbocycles. The van der Waals surface area contributed by atoms with Crippen LogP contribution >= 0.6 is 27.5 Å². The van der Waals surface area contributed by atoms with Crippen LogP contribution in [0.3, 0.4) is 0 Å². The van der Waals surface area contributed by atoms with Crippen LogP contribution in [-0.4, -0.2) is 7.05 Å². The van der Waals surface area contributed by atoms with Crippen LogP contribution in [-0.2, 0) is 0 Å². The maximum atomic E-state index is 6.14. The number of benzene rings is 1. The zero-order valence-electron chi connectivity index (χ0n) is 11.3. The minimum Gasteiger partial charge on any atom is -0.313 e. The Hall–Kier alpha value is -0.0500. The van der Waals surface area contributed by atoms with Crippen LogP contribution in [0, 0.1) is 0 Å². The van der Waals surface area contributed by atoms with E-state index in [0.717, 1.165) is 9.50 Å². The van der Waals surface area contributed by atoms with Crippen LogP contribution < -0.4 is 5.32 Å². The predicted molar refractivity (Wildman–Crippen MR) is 84.3 cm³/mol. The van der Waals surface area contributed by atoms with Gasteiger partial charge in [0.15, 0.2) is 0 Å². The molecule has 0 aliphatic rings. The van der Waals surface area contributed by atoms with Crippen LogP contribution in [0.5, 0.6) is 0 Å². The first-order chi connectivity index (χ1) is 8.69. The first-order valence-electron chi connectivity index (χ1n) is 6.81. The number of hydrogen-bond acceptors (Lipinski definition) is 1. The molecule has 0 saturated heterocycles. The molecule has 1 N–H and O–H groups in total. The summed E-state index contributed by atoms with van der Waals surface area (Å²) in [5.41, 5.74) is 1.28. The highest BCUT2D eigenvalue weighted by molar-refractivity contribution is 9.10. The average molecular weight is 333 g/mol. The minimum absolute atomic E-state index is 0.414. The summed E-state index contributed by atoms with van der Waals surface area (Å²) in [5, 5.41) is 4.17. The van der Waals surface area contributed by atoms with Gasteiger partial charge in [0, 0.05) is 10.5 Å². The lowest BCUT2D eigenvalue weighted by Crippen LogP contribution is -2.16. The lowest BCUT2D eigenvalue weighted by atomic mass is 10.00. The highest BCUT2D eigenvalue weighted by Gasteiger charge is 2.10. The van der Waals surface area contributed by atoms with Crippen LogP contribution in [0.2, 0.25) is 5.02 Å². The molecule has 0 aliphatic carbocycles. The fourth-order valence-corrected chi connectivity index (χ4v) is 2.59. The molecule has 0 heterocycles. The van der Waals surface area contributed by atoms with Crippen molar-refractivity contribution in [2.24, 2.45) is 0 Å². The summed E-state index contributed by atoms with van der Waals surface area (Å²) in [6, 6.07) is 6.64. The summed E-state index contributed by atoms with van der Waals surface area (Å²) in [4.78, 5) is 0. The van der Waals surface area contributed by atoms with E-state index in [2.05, 4.69) is 40.3 Å². The lowest BCUT2D eigenvalue weighted by Gasteiger charge is -2.17. The number of halogens is 2. The second kappa shape index (κ2) is 8.95. The molecule has 1 rings (SSSR count). The number of unbranched alkanes of at least 4 members (excludes halogenated alkanes) is 4. The maximum absolute atomic E-state index is 6.14. The van der Waals surface area contributed by atoms with Crippen molar-refractivity contribution in [2.45, 2.75) is 51.5 Å². The van der Waals surface area contributed by atoms with Gasteiger partial charge >= 0.3 is 0 Å². The van der Waals surface area contributed by atoms with Crippen molar-refractivity contribution in [1.29, 1.82) is 0 Å². The van der Waals surface area contributed by atoms with Crippen molar-refractivity contribution >= 4 is 27.5 Å². The third-order valence-electron chi connectivity index (χ3n) is 3.29. The molecule has 0 fully saturated rings. The van der Waals surface area contributed by atoms with E-state index in [-0.39, 0.29) is 0 Å². The lowest BCUT2D eigenvalue weighted by molar-refractivity contribution is 0.501. The van der Waals surface area contributed by atoms with Gasteiger partial charge in [0.25, 0.3) is 0 Å². The molecule has 1 atom stereocenters. The van der Waals surface area contributed by atoms with Crippen LogP contribution in [0.1, 0.15) is 57.1 Å². The van der Waals surface area contributed by atoms with Crippen LogP contribution in [0.25, 0.3) is 0 Å². The monoisotopic (exact) mass is 331 g/mol. The summed E-state index contributed by atoms with van der Waals surface area (Å²) < 4.78 is 0.964. The summed E-state index contributed by atoms with van der Waals surface area (Å²) >= 11 is 9.57. The van der Waals surface area contributed by atoms with E-state index in [1.54, 1.807) is 0 Å². The minimum atomic E-state index is 0.414. The Labute approximate surface area is 124 Å². The molecule has 0 spiro atoms. The Morgan fingerprint density at radius 2 is 1.94 bits per heavy atom. The van der Waals surface area contributed by atoms with Gasteiger partial charge in [0.05, 0.1) is 5.02 Å². The molecule has 1 unspecified atom stereocenters. The molecule has 1 aromatic carbocycles. The van der Waals surface area contributed by atoms with Gasteiger partial charge in [-0.1, -0.05) is 56.7 Å². The van der Waals surface area contributed by atoms with E-state index in [9.17, 15) is 0 Å². The van der Waals surface area contributed by atoms with E-state index < -0.39 is 0 Å². The second-order valence-electron chi connectivity index (χ2n) is 4.72. The van der Waals surface area contributed by atoms with Crippen molar-refractivity contribution in [3.8, 4) is 0 Å². The number of hydrogen-bond donors (Lipinski definition) is 1. The molecular weight excluding hydrogens is 310 g/mol. The van der Waals surface area contributed by atoms with E-state index >= 15 is 0 Å². The van der Waals surface area contributed by atoms with Gasteiger partial charge < -0.3 is 5.32 Å². The Morgan fingerprint density at radius 3 is 2.56 bits per heavy atom. The zero-order chi connectivity index (χ0) is 13.4. The van der Waals surface area contributed by atoms with Crippen molar-refractivity contribution in [3.05, 3.63) is 33.3 Å². The summed E-state index contributed by atoms with van der Waals surface area (Å²) in [6.07, 6.45) is 7.80. The third kappa shape index (κ3) is 5.29. The SMILES string of the molecule is CCCCCCCC(NC)c1ccc(Br)c(Cl)c1.